The Kier molecular flexibility index (Phi) is 4.50. The van der Waals surface area contributed by atoms with Gasteiger partial charge in [-0.25, -0.2) is 4.79 Å². The van der Waals surface area contributed by atoms with Crippen LogP contribution < -0.4 is 0 Å². The lowest BCUT2D eigenvalue weighted by molar-refractivity contribution is -0.149. The minimum absolute atomic E-state index is 0.418. The molecule has 0 saturated heterocycles. The van der Waals surface area contributed by atoms with Crippen LogP contribution in [0.1, 0.15) is 23.6 Å². The molecule has 1 aromatic rings. The Labute approximate surface area is 96.1 Å². The minimum atomic E-state index is -0.902. The Hall–Kier alpha value is -1.35. The number of aryl methyl sites for hydroxylation is 2. The van der Waals surface area contributed by atoms with Crippen molar-refractivity contribution < 1.29 is 14.6 Å². The Morgan fingerprint density at radius 1 is 1.31 bits per heavy atom. The maximum atomic E-state index is 10.9. The molecule has 0 saturated carbocycles. The van der Waals surface area contributed by atoms with E-state index in [1.54, 1.807) is 6.92 Å². The van der Waals surface area contributed by atoms with E-state index in [4.69, 9.17) is 9.84 Å². The number of carboxylic acids is 1. The molecule has 0 amide bonds. The van der Waals surface area contributed by atoms with E-state index in [-0.39, 0.29) is 0 Å². The Balaban J connectivity index is 2.80. The van der Waals surface area contributed by atoms with Gasteiger partial charge in [0.2, 0.25) is 0 Å². The third-order valence-electron chi connectivity index (χ3n) is 2.35. The first kappa shape index (κ1) is 12.7. The molecular formula is C13H18O3. The van der Waals surface area contributed by atoms with E-state index in [2.05, 4.69) is 6.07 Å². The molecule has 0 bridgehead atoms. The van der Waals surface area contributed by atoms with Gasteiger partial charge in [0.15, 0.2) is 6.10 Å². The van der Waals surface area contributed by atoms with Gasteiger partial charge in [0.05, 0.1) is 0 Å². The van der Waals surface area contributed by atoms with Gasteiger partial charge in [0.25, 0.3) is 0 Å². The largest absolute Gasteiger partial charge is 0.479 e. The molecule has 0 aromatic heterocycles. The summed E-state index contributed by atoms with van der Waals surface area (Å²) in [5.74, 6) is -0.902. The van der Waals surface area contributed by atoms with E-state index in [1.807, 2.05) is 26.0 Å². The lowest BCUT2D eigenvalue weighted by Crippen LogP contribution is -2.26. The highest BCUT2D eigenvalue weighted by Gasteiger charge is 2.17. The van der Waals surface area contributed by atoms with Gasteiger partial charge in [0.1, 0.15) is 0 Å². The standard InChI is InChI=1S/C13H18O3/c1-4-16-12(13(14)15)8-11-6-9(2)5-10(3)7-11/h5-7,12H,4,8H2,1-3H3,(H,14,15)/t12-/m0/s1. The van der Waals surface area contributed by atoms with Gasteiger partial charge in [-0.3, -0.25) is 0 Å². The second-order valence-corrected chi connectivity index (χ2v) is 3.98. The monoisotopic (exact) mass is 222 g/mol. The Bertz CT molecular complexity index is 351. The zero-order valence-electron chi connectivity index (χ0n) is 9.99. The third kappa shape index (κ3) is 3.66. The average Bonchev–Trinajstić information content (AvgIpc) is 2.15. The summed E-state index contributed by atoms with van der Waals surface area (Å²) >= 11 is 0. The topological polar surface area (TPSA) is 46.5 Å². The van der Waals surface area contributed by atoms with E-state index in [0.717, 1.165) is 16.7 Å². The van der Waals surface area contributed by atoms with Gasteiger partial charge >= 0.3 is 5.97 Å². The quantitative estimate of drug-likeness (QED) is 0.831. The van der Waals surface area contributed by atoms with Gasteiger partial charge in [-0.1, -0.05) is 29.3 Å². The lowest BCUT2D eigenvalue weighted by atomic mass is 10.0. The molecule has 0 aliphatic carbocycles. The summed E-state index contributed by atoms with van der Waals surface area (Å²) < 4.78 is 5.19. The summed E-state index contributed by atoms with van der Waals surface area (Å²) in [5.41, 5.74) is 3.31. The van der Waals surface area contributed by atoms with Crippen LogP contribution in [0.4, 0.5) is 0 Å². The zero-order chi connectivity index (χ0) is 12.1. The van der Waals surface area contributed by atoms with Crippen LogP contribution in [-0.4, -0.2) is 23.8 Å². The first-order valence-corrected chi connectivity index (χ1v) is 5.44. The Morgan fingerprint density at radius 2 is 1.88 bits per heavy atom. The fourth-order valence-electron chi connectivity index (χ4n) is 1.82. The van der Waals surface area contributed by atoms with Crippen molar-refractivity contribution in [3.63, 3.8) is 0 Å². The predicted molar refractivity (Wildman–Crippen MR) is 62.7 cm³/mol. The SMILES string of the molecule is CCO[C@@H](Cc1cc(C)cc(C)c1)C(=O)O. The van der Waals surface area contributed by atoms with Gasteiger partial charge in [-0.15, -0.1) is 0 Å². The van der Waals surface area contributed by atoms with Crippen LogP contribution in [0.3, 0.4) is 0 Å². The molecule has 1 aromatic carbocycles. The molecule has 0 unspecified atom stereocenters. The molecule has 1 N–H and O–H groups in total. The summed E-state index contributed by atoms with van der Waals surface area (Å²) in [7, 11) is 0. The molecule has 88 valence electrons. The highest BCUT2D eigenvalue weighted by atomic mass is 16.5. The number of rotatable bonds is 5. The van der Waals surface area contributed by atoms with Crippen LogP contribution in [-0.2, 0) is 16.0 Å². The summed E-state index contributed by atoms with van der Waals surface area (Å²) in [6, 6.07) is 6.07. The van der Waals surface area contributed by atoms with Crippen LogP contribution in [0.2, 0.25) is 0 Å². The molecule has 0 aliphatic heterocycles. The van der Waals surface area contributed by atoms with Crippen molar-refractivity contribution in [1.82, 2.24) is 0 Å². The van der Waals surface area contributed by atoms with E-state index in [0.29, 0.717) is 13.0 Å². The molecule has 0 fully saturated rings. The summed E-state index contributed by atoms with van der Waals surface area (Å²) in [6.07, 6.45) is -0.322. The predicted octanol–water partition coefficient (Wildman–Crippen LogP) is 2.34. The van der Waals surface area contributed by atoms with Crippen molar-refractivity contribution in [2.45, 2.75) is 33.3 Å². The molecular weight excluding hydrogens is 204 g/mol. The van der Waals surface area contributed by atoms with Crippen molar-refractivity contribution in [3.8, 4) is 0 Å². The van der Waals surface area contributed by atoms with Gasteiger partial charge in [0, 0.05) is 13.0 Å². The highest BCUT2D eigenvalue weighted by Crippen LogP contribution is 2.12. The first-order chi connectivity index (χ1) is 7.52. The van der Waals surface area contributed by atoms with E-state index >= 15 is 0 Å². The van der Waals surface area contributed by atoms with E-state index in [9.17, 15) is 4.79 Å². The van der Waals surface area contributed by atoms with Crippen molar-refractivity contribution >= 4 is 5.97 Å². The normalized spacial score (nSPS) is 12.4. The number of carboxylic acid groups (broad SMARTS) is 1. The smallest absolute Gasteiger partial charge is 0.333 e. The van der Waals surface area contributed by atoms with Crippen molar-refractivity contribution in [2.24, 2.45) is 0 Å². The van der Waals surface area contributed by atoms with Crippen LogP contribution in [0.25, 0.3) is 0 Å². The second kappa shape index (κ2) is 5.66. The number of hydrogen-bond donors (Lipinski definition) is 1. The molecule has 0 heterocycles. The molecule has 0 radical (unpaired) electrons. The maximum absolute atomic E-state index is 10.9. The molecule has 1 atom stereocenters. The Morgan fingerprint density at radius 3 is 2.31 bits per heavy atom. The molecule has 0 aliphatic rings. The zero-order valence-corrected chi connectivity index (χ0v) is 9.99. The van der Waals surface area contributed by atoms with E-state index in [1.165, 1.54) is 0 Å². The number of benzene rings is 1. The van der Waals surface area contributed by atoms with Crippen molar-refractivity contribution in [1.29, 1.82) is 0 Å². The van der Waals surface area contributed by atoms with Crippen molar-refractivity contribution in [2.75, 3.05) is 6.61 Å². The van der Waals surface area contributed by atoms with Crippen LogP contribution >= 0.6 is 0 Å². The third-order valence-corrected chi connectivity index (χ3v) is 2.35. The maximum Gasteiger partial charge on any atom is 0.333 e. The summed E-state index contributed by atoms with van der Waals surface area (Å²) in [5, 5.41) is 8.98. The van der Waals surface area contributed by atoms with Crippen LogP contribution in [0.5, 0.6) is 0 Å². The first-order valence-electron chi connectivity index (χ1n) is 5.44. The number of aliphatic carboxylic acids is 1. The number of ether oxygens (including phenoxy) is 1. The van der Waals surface area contributed by atoms with Crippen LogP contribution in [0.15, 0.2) is 18.2 Å². The minimum Gasteiger partial charge on any atom is -0.479 e. The van der Waals surface area contributed by atoms with Gasteiger partial charge in [-0.2, -0.15) is 0 Å². The molecule has 16 heavy (non-hydrogen) atoms. The fourth-order valence-corrected chi connectivity index (χ4v) is 1.82. The highest BCUT2D eigenvalue weighted by molar-refractivity contribution is 5.72. The summed E-state index contributed by atoms with van der Waals surface area (Å²) in [4.78, 5) is 10.9. The fraction of sp³-hybridized carbons (Fsp3) is 0.462. The van der Waals surface area contributed by atoms with Crippen LogP contribution in [0, 0.1) is 13.8 Å². The number of carbonyl (C=O) groups is 1. The van der Waals surface area contributed by atoms with Crippen molar-refractivity contribution in [3.05, 3.63) is 34.9 Å². The average molecular weight is 222 g/mol. The van der Waals surface area contributed by atoms with E-state index < -0.39 is 12.1 Å². The van der Waals surface area contributed by atoms with Gasteiger partial charge in [-0.05, 0) is 26.3 Å². The molecule has 3 heteroatoms. The molecule has 0 spiro atoms. The lowest BCUT2D eigenvalue weighted by Gasteiger charge is -2.13. The molecule has 1 rings (SSSR count). The number of hydrogen-bond acceptors (Lipinski definition) is 2. The second-order valence-electron chi connectivity index (χ2n) is 3.98. The van der Waals surface area contributed by atoms with Gasteiger partial charge < -0.3 is 9.84 Å². The molecule has 3 nitrogen and oxygen atoms in total. The summed E-state index contributed by atoms with van der Waals surface area (Å²) in [6.45, 7) is 6.24.